The average Bonchev–Trinajstić information content (AvgIpc) is 3.23. The zero-order valence-corrected chi connectivity index (χ0v) is 16.0. The summed E-state index contributed by atoms with van der Waals surface area (Å²) >= 11 is 0. The fraction of sp³-hybridized carbons (Fsp3) is 0.190. The fourth-order valence-electron chi connectivity index (χ4n) is 3.23. The first-order valence-corrected chi connectivity index (χ1v) is 8.76. The van der Waals surface area contributed by atoms with Gasteiger partial charge in [0.05, 0.1) is 35.1 Å². The lowest BCUT2D eigenvalue weighted by Gasteiger charge is -2.11. The van der Waals surface area contributed by atoms with Crippen LogP contribution in [0, 0.1) is 20.8 Å². The second kappa shape index (κ2) is 6.84. The van der Waals surface area contributed by atoms with E-state index in [4.69, 9.17) is 13.7 Å². The molecule has 3 heterocycles. The van der Waals surface area contributed by atoms with Gasteiger partial charge in [-0.25, -0.2) is 4.98 Å². The topological polar surface area (TPSA) is 90.4 Å². The molecule has 0 aliphatic heterocycles. The van der Waals surface area contributed by atoms with E-state index in [9.17, 15) is 4.79 Å². The van der Waals surface area contributed by atoms with Crippen molar-refractivity contribution < 1.29 is 18.5 Å². The molecule has 1 aromatic carbocycles. The van der Waals surface area contributed by atoms with E-state index in [0.717, 1.165) is 17.1 Å². The molecule has 4 aromatic rings. The maximum absolute atomic E-state index is 13.1. The van der Waals surface area contributed by atoms with Crippen LogP contribution in [0.25, 0.3) is 22.4 Å². The lowest BCUT2D eigenvalue weighted by atomic mass is 10.1. The molecule has 0 saturated heterocycles. The monoisotopic (exact) mass is 377 g/mol. The number of nitrogens with one attached hydrogen (secondary N) is 1. The van der Waals surface area contributed by atoms with Gasteiger partial charge in [-0.15, -0.1) is 0 Å². The van der Waals surface area contributed by atoms with E-state index in [2.05, 4.69) is 15.5 Å². The predicted molar refractivity (Wildman–Crippen MR) is 105 cm³/mol. The molecule has 3 aromatic heterocycles. The SMILES string of the molecule is COc1ccccc1NC(=O)c1cc(-c2cc(C)oc2C)nc2onc(C)c12. The van der Waals surface area contributed by atoms with Crippen molar-refractivity contribution in [1.29, 1.82) is 0 Å². The number of carbonyl (C=O) groups excluding carboxylic acids is 1. The summed E-state index contributed by atoms with van der Waals surface area (Å²) in [5.41, 5.74) is 3.29. The van der Waals surface area contributed by atoms with E-state index in [1.54, 1.807) is 32.2 Å². The van der Waals surface area contributed by atoms with Crippen LogP contribution in [0.1, 0.15) is 27.6 Å². The number of nitrogens with zero attached hydrogens (tertiary/aromatic N) is 2. The third kappa shape index (κ3) is 3.00. The minimum atomic E-state index is -0.303. The van der Waals surface area contributed by atoms with E-state index >= 15 is 0 Å². The Labute approximate surface area is 161 Å². The van der Waals surface area contributed by atoms with E-state index in [1.165, 1.54) is 0 Å². The molecule has 142 valence electrons. The number of para-hydroxylation sites is 2. The number of furan rings is 1. The van der Waals surface area contributed by atoms with Crippen LogP contribution in [-0.2, 0) is 0 Å². The number of fused-ring (bicyclic) bond motifs is 1. The Morgan fingerprint density at radius 1 is 1.14 bits per heavy atom. The maximum atomic E-state index is 13.1. The molecule has 7 heteroatoms. The van der Waals surface area contributed by atoms with Crippen LogP contribution in [0.15, 0.2) is 45.3 Å². The number of carbonyl (C=O) groups is 1. The zero-order valence-electron chi connectivity index (χ0n) is 16.0. The first-order valence-electron chi connectivity index (χ1n) is 8.76. The Hall–Kier alpha value is -3.61. The first-order chi connectivity index (χ1) is 13.5. The van der Waals surface area contributed by atoms with Gasteiger partial charge in [-0.05, 0) is 45.0 Å². The Morgan fingerprint density at radius 2 is 1.93 bits per heavy atom. The minimum absolute atomic E-state index is 0.303. The molecule has 0 fully saturated rings. The highest BCUT2D eigenvalue weighted by molar-refractivity contribution is 6.13. The third-order valence-electron chi connectivity index (χ3n) is 4.53. The molecule has 7 nitrogen and oxygen atoms in total. The normalized spacial score (nSPS) is 11.0. The summed E-state index contributed by atoms with van der Waals surface area (Å²) in [6.45, 7) is 5.50. The first kappa shape index (κ1) is 17.8. The van der Waals surface area contributed by atoms with Gasteiger partial charge in [0.15, 0.2) is 0 Å². The van der Waals surface area contributed by atoms with Gasteiger partial charge in [-0.2, -0.15) is 0 Å². The van der Waals surface area contributed by atoms with Crippen LogP contribution in [0.5, 0.6) is 5.75 Å². The van der Waals surface area contributed by atoms with Gasteiger partial charge in [0, 0.05) is 5.56 Å². The van der Waals surface area contributed by atoms with Gasteiger partial charge < -0.3 is 19.0 Å². The number of pyridine rings is 1. The van der Waals surface area contributed by atoms with E-state index in [0.29, 0.717) is 39.5 Å². The number of aromatic nitrogens is 2. The van der Waals surface area contributed by atoms with Crippen LogP contribution in [0.3, 0.4) is 0 Å². The summed E-state index contributed by atoms with van der Waals surface area (Å²) in [7, 11) is 1.56. The molecule has 4 rings (SSSR count). The van der Waals surface area contributed by atoms with Crippen molar-refractivity contribution in [2.24, 2.45) is 0 Å². The lowest BCUT2D eigenvalue weighted by molar-refractivity contribution is 0.102. The summed E-state index contributed by atoms with van der Waals surface area (Å²) in [6.07, 6.45) is 0. The van der Waals surface area contributed by atoms with Crippen LogP contribution in [0.4, 0.5) is 5.69 Å². The average molecular weight is 377 g/mol. The Morgan fingerprint density at radius 3 is 2.64 bits per heavy atom. The molecule has 0 spiro atoms. The standard InChI is InChI=1S/C21H19N3O4/c1-11-9-14(13(3)27-11)17-10-15(19-12(2)24-28-21(19)23-17)20(25)22-16-7-5-6-8-18(16)26-4/h5-10H,1-4H3,(H,22,25). The Kier molecular flexibility index (Phi) is 4.35. The van der Waals surface area contributed by atoms with Crippen LogP contribution < -0.4 is 10.1 Å². The van der Waals surface area contributed by atoms with Crippen molar-refractivity contribution in [2.45, 2.75) is 20.8 Å². The summed E-state index contributed by atoms with van der Waals surface area (Å²) in [5, 5.41) is 7.45. The molecule has 0 bridgehead atoms. The number of amides is 1. The smallest absolute Gasteiger partial charge is 0.259 e. The number of methoxy groups -OCH3 is 1. The van der Waals surface area contributed by atoms with Gasteiger partial charge in [0.25, 0.3) is 11.6 Å². The van der Waals surface area contributed by atoms with Crippen LogP contribution in [0.2, 0.25) is 0 Å². The molecule has 0 atom stereocenters. The quantitative estimate of drug-likeness (QED) is 0.556. The van der Waals surface area contributed by atoms with Crippen molar-refractivity contribution in [1.82, 2.24) is 10.1 Å². The van der Waals surface area contributed by atoms with Gasteiger partial charge in [-0.3, -0.25) is 4.79 Å². The second-order valence-electron chi connectivity index (χ2n) is 6.48. The van der Waals surface area contributed by atoms with Crippen LogP contribution in [-0.4, -0.2) is 23.2 Å². The van der Waals surface area contributed by atoms with Crippen molar-refractivity contribution in [3.8, 4) is 17.0 Å². The molecule has 0 radical (unpaired) electrons. The van der Waals surface area contributed by atoms with Gasteiger partial charge in [-0.1, -0.05) is 17.3 Å². The number of rotatable bonds is 4. The molecule has 1 amide bonds. The highest BCUT2D eigenvalue weighted by Gasteiger charge is 2.21. The third-order valence-corrected chi connectivity index (χ3v) is 4.53. The van der Waals surface area contributed by atoms with Crippen molar-refractivity contribution >= 4 is 22.7 Å². The number of benzene rings is 1. The number of ether oxygens (including phenoxy) is 1. The Bertz CT molecular complexity index is 1190. The number of anilines is 1. The summed E-state index contributed by atoms with van der Waals surface area (Å²) in [5.74, 6) is 1.76. The number of aryl methyl sites for hydroxylation is 3. The summed E-state index contributed by atoms with van der Waals surface area (Å²) < 4.78 is 16.3. The van der Waals surface area contributed by atoms with Crippen molar-refractivity contribution in [2.75, 3.05) is 12.4 Å². The molecule has 28 heavy (non-hydrogen) atoms. The molecule has 0 saturated carbocycles. The van der Waals surface area contributed by atoms with Gasteiger partial charge >= 0.3 is 0 Å². The fourth-order valence-corrected chi connectivity index (χ4v) is 3.23. The summed E-state index contributed by atoms with van der Waals surface area (Å²) in [6, 6.07) is 10.8. The molecule has 0 aliphatic carbocycles. The molecule has 1 N–H and O–H groups in total. The van der Waals surface area contributed by atoms with E-state index in [-0.39, 0.29) is 5.91 Å². The second-order valence-corrected chi connectivity index (χ2v) is 6.48. The van der Waals surface area contributed by atoms with E-state index < -0.39 is 0 Å². The summed E-state index contributed by atoms with van der Waals surface area (Å²) in [4.78, 5) is 17.7. The van der Waals surface area contributed by atoms with Gasteiger partial charge in [0.1, 0.15) is 17.3 Å². The van der Waals surface area contributed by atoms with Gasteiger partial charge in [0.2, 0.25) is 0 Å². The number of hydrogen-bond acceptors (Lipinski definition) is 6. The Balaban J connectivity index is 1.84. The number of hydrogen-bond donors (Lipinski definition) is 1. The molecular formula is C21H19N3O4. The van der Waals surface area contributed by atoms with Crippen LogP contribution >= 0.6 is 0 Å². The minimum Gasteiger partial charge on any atom is -0.495 e. The lowest BCUT2D eigenvalue weighted by Crippen LogP contribution is -2.13. The maximum Gasteiger partial charge on any atom is 0.259 e. The highest BCUT2D eigenvalue weighted by Crippen LogP contribution is 2.31. The molecule has 0 aliphatic rings. The van der Waals surface area contributed by atoms with E-state index in [1.807, 2.05) is 32.0 Å². The van der Waals surface area contributed by atoms with Crippen molar-refractivity contribution in [3.05, 3.63) is 59.2 Å². The zero-order chi connectivity index (χ0) is 19.8. The predicted octanol–water partition coefficient (Wildman–Crippen LogP) is 4.67. The van der Waals surface area contributed by atoms with Crippen molar-refractivity contribution in [3.63, 3.8) is 0 Å². The largest absolute Gasteiger partial charge is 0.495 e. The molecule has 0 unspecified atom stereocenters. The molecular weight excluding hydrogens is 358 g/mol. The highest BCUT2D eigenvalue weighted by atomic mass is 16.5.